The Labute approximate surface area is 138 Å². The summed E-state index contributed by atoms with van der Waals surface area (Å²) in [7, 11) is 0. The van der Waals surface area contributed by atoms with Gasteiger partial charge in [-0.1, -0.05) is 30.3 Å². The van der Waals surface area contributed by atoms with Crippen LogP contribution in [0.3, 0.4) is 0 Å². The third-order valence-corrected chi connectivity index (χ3v) is 5.00. The van der Waals surface area contributed by atoms with Crippen molar-refractivity contribution in [1.29, 1.82) is 0 Å². The highest BCUT2D eigenvalue weighted by Gasteiger charge is 2.36. The zero-order chi connectivity index (χ0) is 15.4. The number of halogens is 1. The van der Waals surface area contributed by atoms with Crippen LogP contribution in [0.4, 0.5) is 0 Å². The Balaban J connectivity index is 1.67. The predicted molar refractivity (Wildman–Crippen MR) is 90.2 cm³/mol. The summed E-state index contributed by atoms with van der Waals surface area (Å²) in [5, 5.41) is 0. The zero-order valence-electron chi connectivity index (χ0n) is 13.1. The molecule has 1 saturated carbocycles. The lowest BCUT2D eigenvalue weighted by atomic mass is 10.0. The van der Waals surface area contributed by atoms with Crippen molar-refractivity contribution in [2.75, 3.05) is 25.5 Å². The van der Waals surface area contributed by atoms with Crippen LogP contribution in [0.5, 0.6) is 0 Å². The summed E-state index contributed by atoms with van der Waals surface area (Å²) in [4.78, 5) is 17.2. The highest BCUT2D eigenvalue weighted by Crippen LogP contribution is 2.29. The zero-order valence-corrected chi connectivity index (χ0v) is 13.8. The largest absolute Gasteiger partial charge is 0.337 e. The molecule has 1 saturated heterocycles. The molecule has 0 N–H and O–H groups in total. The maximum absolute atomic E-state index is 12.5. The molecule has 1 heterocycles. The van der Waals surface area contributed by atoms with Crippen molar-refractivity contribution in [3.63, 3.8) is 0 Å². The van der Waals surface area contributed by atoms with Crippen molar-refractivity contribution < 1.29 is 4.79 Å². The van der Waals surface area contributed by atoms with Crippen molar-refractivity contribution in [2.45, 2.75) is 44.2 Å². The Bertz CT molecular complexity index is 489. The summed E-state index contributed by atoms with van der Waals surface area (Å²) in [6.45, 7) is 2.92. The van der Waals surface area contributed by atoms with Crippen molar-refractivity contribution in [3.05, 3.63) is 35.9 Å². The predicted octanol–water partition coefficient (Wildman–Crippen LogP) is 2.92. The van der Waals surface area contributed by atoms with Crippen LogP contribution in [0, 0.1) is 0 Å². The monoisotopic (exact) mass is 320 g/mol. The van der Waals surface area contributed by atoms with Crippen molar-refractivity contribution in [2.24, 2.45) is 0 Å². The van der Waals surface area contributed by atoms with Crippen molar-refractivity contribution in [1.82, 2.24) is 9.80 Å². The average Bonchev–Trinajstić information content (AvgIpc) is 3.38. The summed E-state index contributed by atoms with van der Waals surface area (Å²) in [5.74, 6) is 0.842. The Morgan fingerprint density at radius 1 is 1.18 bits per heavy atom. The average molecular weight is 321 g/mol. The second-order valence-corrected chi connectivity index (χ2v) is 6.83. The molecule has 1 aromatic carbocycles. The van der Waals surface area contributed by atoms with Gasteiger partial charge < -0.3 is 4.90 Å². The number of hydrogen-bond donors (Lipinski definition) is 0. The van der Waals surface area contributed by atoms with Crippen molar-refractivity contribution in [3.8, 4) is 0 Å². The summed E-state index contributed by atoms with van der Waals surface area (Å²) < 4.78 is 0. The van der Waals surface area contributed by atoms with Crippen LogP contribution in [-0.2, 0) is 11.2 Å². The van der Waals surface area contributed by atoms with Crippen LogP contribution in [0.25, 0.3) is 0 Å². The number of carbonyl (C=O) groups is 1. The second kappa shape index (κ2) is 7.47. The molecule has 0 bridgehead atoms. The van der Waals surface area contributed by atoms with Gasteiger partial charge in [0.2, 0.25) is 5.91 Å². The van der Waals surface area contributed by atoms with E-state index in [-0.39, 0.29) is 5.91 Å². The lowest BCUT2D eigenvalue weighted by molar-refractivity contribution is -0.136. The minimum absolute atomic E-state index is 0.275. The minimum atomic E-state index is 0.275. The smallest absolute Gasteiger partial charge is 0.222 e. The fourth-order valence-corrected chi connectivity index (χ4v) is 3.54. The van der Waals surface area contributed by atoms with Gasteiger partial charge >= 0.3 is 0 Å². The summed E-state index contributed by atoms with van der Waals surface area (Å²) >= 11 is 5.74. The van der Waals surface area contributed by atoms with Gasteiger partial charge in [0, 0.05) is 44.0 Å². The fourth-order valence-electron chi connectivity index (χ4n) is 3.40. The topological polar surface area (TPSA) is 23.6 Å². The third kappa shape index (κ3) is 4.02. The second-order valence-electron chi connectivity index (χ2n) is 6.45. The number of carbonyl (C=O) groups excluding carboxylic acids is 1. The number of nitrogens with zero attached hydrogens (tertiary/aromatic N) is 2. The van der Waals surface area contributed by atoms with Gasteiger partial charge in [-0.3, -0.25) is 9.69 Å². The Kier molecular flexibility index (Phi) is 5.37. The van der Waals surface area contributed by atoms with E-state index < -0.39 is 0 Å². The maximum Gasteiger partial charge on any atom is 0.222 e. The molecule has 3 rings (SSSR count). The molecule has 22 heavy (non-hydrogen) atoms. The minimum Gasteiger partial charge on any atom is -0.337 e. The Morgan fingerprint density at radius 2 is 1.95 bits per heavy atom. The van der Waals surface area contributed by atoms with Gasteiger partial charge in [0.25, 0.3) is 0 Å². The number of hydrogen-bond acceptors (Lipinski definition) is 2. The molecule has 4 heteroatoms. The molecule has 120 valence electrons. The van der Waals surface area contributed by atoms with Crippen LogP contribution in [0.2, 0.25) is 0 Å². The van der Waals surface area contributed by atoms with Gasteiger partial charge in [0.15, 0.2) is 0 Å². The van der Waals surface area contributed by atoms with Gasteiger partial charge in [-0.15, -0.1) is 11.6 Å². The molecule has 0 radical (unpaired) electrons. The van der Waals surface area contributed by atoms with E-state index in [9.17, 15) is 4.79 Å². The first-order chi connectivity index (χ1) is 10.8. The van der Waals surface area contributed by atoms with Gasteiger partial charge in [0.05, 0.1) is 0 Å². The highest BCUT2D eigenvalue weighted by atomic mass is 35.5. The van der Waals surface area contributed by atoms with E-state index in [0.717, 1.165) is 38.5 Å². The van der Waals surface area contributed by atoms with E-state index in [1.807, 2.05) is 6.07 Å². The van der Waals surface area contributed by atoms with E-state index in [2.05, 4.69) is 34.1 Å². The van der Waals surface area contributed by atoms with E-state index in [0.29, 0.717) is 18.3 Å². The molecule has 1 atom stereocenters. The standard InChI is InChI=1S/C18H25ClN2O/c19-10-4-7-18(22)21-12-11-20(16-8-9-16)14-17(21)13-15-5-2-1-3-6-15/h1-3,5-6,16-17H,4,7-14H2. The quantitative estimate of drug-likeness (QED) is 0.752. The summed E-state index contributed by atoms with van der Waals surface area (Å²) in [5.41, 5.74) is 1.32. The Morgan fingerprint density at radius 3 is 2.64 bits per heavy atom. The summed E-state index contributed by atoms with van der Waals surface area (Å²) in [6.07, 6.45) is 4.98. The SMILES string of the molecule is O=C(CCCCl)N1CCN(C2CC2)CC1Cc1ccccc1. The van der Waals surface area contributed by atoms with Gasteiger partial charge in [-0.2, -0.15) is 0 Å². The maximum atomic E-state index is 12.5. The van der Waals surface area contributed by atoms with Crippen LogP contribution < -0.4 is 0 Å². The van der Waals surface area contributed by atoms with E-state index in [1.165, 1.54) is 18.4 Å². The lowest BCUT2D eigenvalue weighted by Crippen LogP contribution is -2.56. The molecule has 1 amide bonds. The first kappa shape index (κ1) is 15.8. The molecule has 1 aliphatic heterocycles. The van der Waals surface area contributed by atoms with Crippen LogP contribution in [-0.4, -0.2) is 53.3 Å². The third-order valence-electron chi connectivity index (χ3n) is 4.74. The first-order valence-corrected chi connectivity index (χ1v) is 8.95. The van der Waals surface area contributed by atoms with Gasteiger partial charge in [-0.25, -0.2) is 0 Å². The highest BCUT2D eigenvalue weighted by molar-refractivity contribution is 6.17. The fraction of sp³-hybridized carbons (Fsp3) is 0.611. The molecule has 0 aromatic heterocycles. The molecule has 0 spiro atoms. The van der Waals surface area contributed by atoms with E-state index in [4.69, 9.17) is 11.6 Å². The van der Waals surface area contributed by atoms with Crippen LogP contribution >= 0.6 is 11.6 Å². The molecular weight excluding hydrogens is 296 g/mol. The molecule has 2 aliphatic rings. The number of benzene rings is 1. The normalized spacial score (nSPS) is 22.8. The number of piperazine rings is 1. The number of alkyl halides is 1. The van der Waals surface area contributed by atoms with Crippen LogP contribution in [0.1, 0.15) is 31.2 Å². The molecule has 1 unspecified atom stereocenters. The summed E-state index contributed by atoms with van der Waals surface area (Å²) in [6, 6.07) is 11.6. The molecular formula is C18H25ClN2O. The van der Waals surface area contributed by atoms with Gasteiger partial charge in [-0.05, 0) is 31.2 Å². The first-order valence-electron chi connectivity index (χ1n) is 8.41. The Hall–Kier alpha value is -1.06. The number of rotatable bonds is 6. The molecule has 3 nitrogen and oxygen atoms in total. The number of amides is 1. The van der Waals surface area contributed by atoms with Crippen molar-refractivity contribution >= 4 is 17.5 Å². The van der Waals surface area contributed by atoms with E-state index >= 15 is 0 Å². The lowest BCUT2D eigenvalue weighted by Gasteiger charge is -2.42. The molecule has 1 aliphatic carbocycles. The van der Waals surface area contributed by atoms with Gasteiger partial charge in [0.1, 0.15) is 0 Å². The van der Waals surface area contributed by atoms with Crippen LogP contribution in [0.15, 0.2) is 30.3 Å². The molecule has 2 fully saturated rings. The van der Waals surface area contributed by atoms with E-state index in [1.54, 1.807) is 0 Å². The molecule has 1 aromatic rings.